The van der Waals surface area contributed by atoms with E-state index in [2.05, 4.69) is 0 Å². The van der Waals surface area contributed by atoms with Gasteiger partial charge in [0, 0.05) is 26.2 Å². The third kappa shape index (κ3) is 2.91. The van der Waals surface area contributed by atoms with Gasteiger partial charge >= 0.3 is 12.0 Å². The molecule has 0 aromatic rings. The highest BCUT2D eigenvalue weighted by Gasteiger charge is 2.44. The minimum atomic E-state index is -0.788. The Kier molecular flexibility index (Phi) is 3.38. The summed E-state index contributed by atoms with van der Waals surface area (Å²) in [6, 6.07) is 0.0637. The molecule has 5 nitrogen and oxygen atoms in total. The molecule has 1 saturated heterocycles. The van der Waals surface area contributed by atoms with Crippen molar-refractivity contribution in [3.05, 3.63) is 0 Å². The molecule has 0 aromatic carbocycles. The lowest BCUT2D eigenvalue weighted by molar-refractivity contribution is -0.147. The highest BCUT2D eigenvalue weighted by atomic mass is 16.4. The number of hydrogen-bond donors (Lipinski definition) is 1. The minimum Gasteiger partial charge on any atom is -0.481 e. The molecule has 0 spiro atoms. The Morgan fingerprint density at radius 1 is 1.20 bits per heavy atom. The summed E-state index contributed by atoms with van der Waals surface area (Å²) in [5.41, 5.74) is -0.763. The number of hydrogen-bond acceptors (Lipinski definition) is 2. The Morgan fingerprint density at radius 3 is 2.15 bits per heavy atom. The van der Waals surface area contributed by atoms with Crippen LogP contribution in [0.5, 0.6) is 0 Å². The van der Waals surface area contributed by atoms with Gasteiger partial charge < -0.3 is 14.9 Å². The van der Waals surface area contributed by atoms with Gasteiger partial charge in [0.2, 0.25) is 0 Å². The van der Waals surface area contributed by atoms with Crippen molar-refractivity contribution in [3.8, 4) is 0 Å². The second kappa shape index (κ2) is 4.93. The lowest BCUT2D eigenvalue weighted by Crippen LogP contribution is -2.45. The third-order valence-corrected chi connectivity index (χ3v) is 4.88. The van der Waals surface area contributed by atoms with E-state index in [1.54, 1.807) is 11.8 Å². The number of carbonyl (C=O) groups is 2. The van der Waals surface area contributed by atoms with Crippen molar-refractivity contribution in [1.82, 2.24) is 9.80 Å². The lowest BCUT2D eigenvalue weighted by atomic mass is 9.90. The number of nitrogens with zero attached hydrogens (tertiary/aromatic N) is 2. The summed E-state index contributed by atoms with van der Waals surface area (Å²) >= 11 is 0. The van der Waals surface area contributed by atoms with Crippen LogP contribution in [0, 0.1) is 17.3 Å². The van der Waals surface area contributed by atoms with Gasteiger partial charge in [0.15, 0.2) is 0 Å². The predicted octanol–water partition coefficient (Wildman–Crippen LogP) is 2.03. The van der Waals surface area contributed by atoms with Gasteiger partial charge in [-0.1, -0.05) is 0 Å². The van der Waals surface area contributed by atoms with Gasteiger partial charge in [0.25, 0.3) is 0 Å². The maximum absolute atomic E-state index is 12.6. The third-order valence-electron chi connectivity index (χ3n) is 4.88. The van der Waals surface area contributed by atoms with Gasteiger partial charge in [-0.3, -0.25) is 4.79 Å². The summed E-state index contributed by atoms with van der Waals surface area (Å²) in [7, 11) is 0. The molecule has 112 valence electrons. The normalized spacial score (nSPS) is 29.6. The average molecular weight is 280 g/mol. The molecule has 1 unspecified atom stereocenters. The maximum Gasteiger partial charge on any atom is 0.320 e. The maximum atomic E-state index is 12.6. The van der Waals surface area contributed by atoms with Gasteiger partial charge in [-0.15, -0.1) is 0 Å². The molecule has 0 radical (unpaired) electrons. The van der Waals surface area contributed by atoms with Crippen molar-refractivity contribution in [2.75, 3.05) is 26.2 Å². The van der Waals surface area contributed by atoms with Crippen LogP contribution in [-0.4, -0.2) is 53.1 Å². The SMILES string of the molecule is CC1(C(=O)O)CCN(C(=O)N(CC2CC2)CC2CC2)C1. The molecule has 2 amide bonds. The second-order valence-corrected chi connectivity index (χ2v) is 7.11. The summed E-state index contributed by atoms with van der Waals surface area (Å²) in [5.74, 6) is 0.584. The fourth-order valence-electron chi connectivity index (χ4n) is 2.95. The number of carbonyl (C=O) groups excluding carboxylic acids is 1. The quantitative estimate of drug-likeness (QED) is 0.838. The number of urea groups is 1. The molecule has 1 N–H and O–H groups in total. The summed E-state index contributed by atoms with van der Waals surface area (Å²) < 4.78 is 0. The van der Waals surface area contributed by atoms with E-state index in [9.17, 15) is 14.7 Å². The van der Waals surface area contributed by atoms with Crippen LogP contribution in [0.25, 0.3) is 0 Å². The van der Waals surface area contributed by atoms with E-state index in [1.165, 1.54) is 25.7 Å². The lowest BCUT2D eigenvalue weighted by Gasteiger charge is -2.29. The molecule has 1 heterocycles. The van der Waals surface area contributed by atoms with E-state index in [4.69, 9.17) is 0 Å². The molecule has 1 atom stereocenters. The summed E-state index contributed by atoms with van der Waals surface area (Å²) in [4.78, 5) is 27.7. The molecule has 3 aliphatic rings. The molecule has 20 heavy (non-hydrogen) atoms. The molecule has 3 rings (SSSR count). The van der Waals surface area contributed by atoms with Crippen LogP contribution in [-0.2, 0) is 4.79 Å². The molecule has 1 aliphatic heterocycles. The summed E-state index contributed by atoms with van der Waals surface area (Å²) in [5, 5.41) is 9.27. The van der Waals surface area contributed by atoms with E-state index in [0.717, 1.165) is 13.1 Å². The molecule has 3 fully saturated rings. The molecule has 0 aromatic heterocycles. The molecule has 2 saturated carbocycles. The van der Waals surface area contributed by atoms with Crippen LogP contribution in [0.1, 0.15) is 39.0 Å². The first-order valence-corrected chi connectivity index (χ1v) is 7.75. The van der Waals surface area contributed by atoms with Gasteiger partial charge in [-0.05, 0) is 50.9 Å². The number of rotatable bonds is 5. The summed E-state index contributed by atoms with van der Waals surface area (Å²) in [6.45, 7) is 4.42. The van der Waals surface area contributed by atoms with Gasteiger partial charge in [0.1, 0.15) is 0 Å². The largest absolute Gasteiger partial charge is 0.481 e. The first-order chi connectivity index (χ1) is 9.48. The Hall–Kier alpha value is -1.26. The molecular formula is C15H24N2O3. The Bertz CT molecular complexity index is 403. The minimum absolute atomic E-state index is 0.0637. The van der Waals surface area contributed by atoms with Crippen molar-refractivity contribution < 1.29 is 14.7 Å². The van der Waals surface area contributed by atoms with Crippen LogP contribution in [0.3, 0.4) is 0 Å². The number of aliphatic carboxylic acids is 1. The highest BCUT2D eigenvalue weighted by Crippen LogP contribution is 2.36. The number of carboxylic acids is 1. The molecule has 0 bridgehead atoms. The molecule has 2 aliphatic carbocycles. The van der Waals surface area contributed by atoms with Crippen LogP contribution in [0.2, 0.25) is 0 Å². The van der Waals surface area contributed by atoms with Crippen molar-refractivity contribution in [2.45, 2.75) is 39.0 Å². The van der Waals surface area contributed by atoms with Gasteiger partial charge in [0.05, 0.1) is 5.41 Å². The Balaban J connectivity index is 1.61. The molecule has 5 heteroatoms. The van der Waals surface area contributed by atoms with Crippen LogP contribution < -0.4 is 0 Å². The van der Waals surface area contributed by atoms with E-state index in [0.29, 0.717) is 31.3 Å². The van der Waals surface area contributed by atoms with E-state index < -0.39 is 11.4 Å². The molecular weight excluding hydrogens is 256 g/mol. The number of carboxylic acid groups (broad SMARTS) is 1. The topological polar surface area (TPSA) is 60.9 Å². The standard InChI is InChI=1S/C15H24N2O3/c1-15(13(18)19)6-7-16(10-15)14(20)17(8-11-2-3-11)9-12-4-5-12/h11-12H,2-10H2,1H3,(H,18,19). The number of likely N-dealkylation sites (tertiary alicyclic amines) is 1. The van der Waals surface area contributed by atoms with Crippen molar-refractivity contribution in [1.29, 1.82) is 0 Å². The second-order valence-electron chi connectivity index (χ2n) is 7.11. The zero-order valence-electron chi connectivity index (χ0n) is 12.2. The van der Waals surface area contributed by atoms with Crippen molar-refractivity contribution in [3.63, 3.8) is 0 Å². The van der Waals surface area contributed by atoms with Crippen LogP contribution >= 0.6 is 0 Å². The predicted molar refractivity (Wildman–Crippen MR) is 74.3 cm³/mol. The van der Waals surface area contributed by atoms with E-state index in [-0.39, 0.29) is 6.03 Å². The van der Waals surface area contributed by atoms with Gasteiger partial charge in [-0.25, -0.2) is 4.79 Å². The zero-order valence-corrected chi connectivity index (χ0v) is 12.2. The smallest absolute Gasteiger partial charge is 0.320 e. The van der Waals surface area contributed by atoms with Crippen LogP contribution in [0.15, 0.2) is 0 Å². The monoisotopic (exact) mass is 280 g/mol. The zero-order chi connectivity index (χ0) is 14.3. The average Bonchev–Trinajstić information content (AvgIpc) is 3.31. The van der Waals surface area contributed by atoms with Crippen molar-refractivity contribution >= 4 is 12.0 Å². The first kappa shape index (κ1) is 13.7. The fraction of sp³-hybridized carbons (Fsp3) is 0.867. The Morgan fingerprint density at radius 2 is 1.75 bits per heavy atom. The van der Waals surface area contributed by atoms with E-state index >= 15 is 0 Å². The summed E-state index contributed by atoms with van der Waals surface area (Å²) in [6.07, 6.45) is 5.51. The van der Waals surface area contributed by atoms with Crippen LogP contribution in [0.4, 0.5) is 4.79 Å². The van der Waals surface area contributed by atoms with Crippen molar-refractivity contribution in [2.24, 2.45) is 17.3 Å². The fourth-order valence-corrected chi connectivity index (χ4v) is 2.95. The van der Waals surface area contributed by atoms with E-state index in [1.807, 2.05) is 4.90 Å². The van der Waals surface area contributed by atoms with Gasteiger partial charge in [-0.2, -0.15) is 0 Å². The Labute approximate surface area is 119 Å². The number of amides is 2. The first-order valence-electron chi connectivity index (χ1n) is 7.75. The highest BCUT2D eigenvalue weighted by molar-refractivity contribution is 5.79.